The summed E-state index contributed by atoms with van der Waals surface area (Å²) in [7, 11) is 0. The smallest absolute Gasteiger partial charge is 0.394 e. The van der Waals surface area contributed by atoms with E-state index >= 15 is 0 Å². The van der Waals surface area contributed by atoms with Crippen molar-refractivity contribution in [2.45, 2.75) is 77.4 Å². The molecule has 4 aliphatic rings. The number of quaternary nitrogens is 1. The van der Waals surface area contributed by atoms with Crippen molar-refractivity contribution in [1.82, 2.24) is 9.97 Å². The number of aliphatic imine (C=N–C) groups is 1. The zero-order chi connectivity index (χ0) is 24.8. The highest BCUT2D eigenvalue weighted by Gasteiger charge is 2.55. The van der Waals surface area contributed by atoms with Gasteiger partial charge in [-0.25, -0.2) is 9.79 Å². The van der Waals surface area contributed by atoms with Gasteiger partial charge in [0.25, 0.3) is 5.84 Å². The van der Waals surface area contributed by atoms with Gasteiger partial charge in [0, 0.05) is 42.6 Å². The monoisotopic (exact) mass is 493 g/mol. The van der Waals surface area contributed by atoms with Crippen LogP contribution >= 0.6 is 11.6 Å². The minimum atomic E-state index is -0.650. The molecule has 0 aromatic carbocycles. The quantitative estimate of drug-likeness (QED) is 0.434. The lowest BCUT2D eigenvalue weighted by Gasteiger charge is -2.41. The topological polar surface area (TPSA) is 89.2 Å². The summed E-state index contributed by atoms with van der Waals surface area (Å²) in [5.74, 6) is 0.593. The van der Waals surface area contributed by atoms with Crippen molar-refractivity contribution in [3.63, 3.8) is 0 Å². The highest BCUT2D eigenvalue weighted by Crippen LogP contribution is 2.44. The number of hydrogen-bond acceptors (Lipinski definition) is 7. The molecule has 3 heterocycles. The highest BCUT2D eigenvalue weighted by atomic mass is 35.5. The second kappa shape index (κ2) is 8.91. The third kappa shape index (κ3) is 4.29. The van der Waals surface area contributed by atoms with Crippen LogP contribution in [0.5, 0.6) is 0 Å². The predicted octanol–water partition coefficient (Wildman–Crippen LogP) is 5.07. The average Bonchev–Trinajstić information content (AvgIpc) is 3.17. The van der Waals surface area contributed by atoms with Gasteiger partial charge in [-0.2, -0.15) is 4.48 Å². The number of ether oxygens (including phenoxy) is 1. The van der Waals surface area contributed by atoms with Crippen molar-refractivity contribution >= 4 is 36.0 Å². The number of allylic oxidation sites excluding steroid dienone is 4. The number of fused-ring (bicyclic) bond motifs is 2. The summed E-state index contributed by atoms with van der Waals surface area (Å²) in [4.78, 5) is 27.6. The number of nitrogens with zero attached hydrogens (tertiary/aromatic N) is 6. The maximum atomic E-state index is 13.9. The number of aryl methyl sites for hydroxylation is 1. The molecule has 0 amide bonds. The van der Waals surface area contributed by atoms with Gasteiger partial charge in [0.2, 0.25) is 12.0 Å². The summed E-state index contributed by atoms with van der Waals surface area (Å²) < 4.78 is 6.08. The normalized spacial score (nSPS) is 28.0. The van der Waals surface area contributed by atoms with Crippen LogP contribution in [0.15, 0.2) is 61.7 Å². The summed E-state index contributed by atoms with van der Waals surface area (Å²) in [5, 5.41) is 9.34. The Kier molecular flexibility index (Phi) is 6.05. The molecule has 0 bridgehead atoms. The molecule has 182 valence electrons. The zero-order valence-electron chi connectivity index (χ0n) is 20.5. The Morgan fingerprint density at radius 2 is 1.89 bits per heavy atom. The van der Waals surface area contributed by atoms with Crippen LogP contribution in [-0.4, -0.2) is 50.5 Å². The molecule has 9 heteroatoms. The van der Waals surface area contributed by atoms with E-state index in [-0.39, 0.29) is 16.5 Å². The summed E-state index contributed by atoms with van der Waals surface area (Å²) in [6.45, 7) is 7.65. The molecule has 0 N–H and O–H groups in total. The van der Waals surface area contributed by atoms with E-state index in [1.165, 1.54) is 0 Å². The third-order valence-corrected chi connectivity index (χ3v) is 7.27. The standard InChI is InChI=1S/C26H30ClN6O2/c1-16-23(29-12-11-28-16)17-5-8-19(9-6-17)33-15-31-32-22(33)14-30-21-13-18(27)7-10-20(21)24(33)25(34)35-26(2,3)4/h7,11-15,17,19H,5-6,8-10H2,1-4H3/q+1. The van der Waals surface area contributed by atoms with Crippen molar-refractivity contribution in [1.29, 1.82) is 0 Å². The van der Waals surface area contributed by atoms with E-state index in [0.717, 1.165) is 42.6 Å². The Balaban J connectivity index is 1.57. The fraction of sp³-hybridized carbons (Fsp3) is 0.462. The van der Waals surface area contributed by atoms with E-state index in [9.17, 15) is 4.79 Å². The van der Waals surface area contributed by atoms with Crippen molar-refractivity contribution in [2.75, 3.05) is 0 Å². The molecule has 35 heavy (non-hydrogen) atoms. The first-order chi connectivity index (χ1) is 16.7. The van der Waals surface area contributed by atoms with Gasteiger partial charge in [0.1, 0.15) is 17.9 Å². The summed E-state index contributed by atoms with van der Waals surface area (Å²) in [6.07, 6.45) is 14.8. The molecule has 0 spiro atoms. The van der Waals surface area contributed by atoms with Gasteiger partial charge in [-0.15, -0.1) is 0 Å². The van der Waals surface area contributed by atoms with E-state index in [0.29, 0.717) is 34.6 Å². The molecule has 0 radical (unpaired) electrons. The van der Waals surface area contributed by atoms with E-state index in [4.69, 9.17) is 16.3 Å². The molecular weight excluding hydrogens is 464 g/mol. The number of carbonyl (C=O) groups excluding carboxylic acids is 1. The van der Waals surface area contributed by atoms with Crippen LogP contribution in [0.2, 0.25) is 0 Å². The van der Waals surface area contributed by atoms with Crippen molar-refractivity contribution in [3.8, 4) is 0 Å². The number of amidine groups is 1. The Morgan fingerprint density at radius 1 is 1.14 bits per heavy atom. The first-order valence-electron chi connectivity index (χ1n) is 12.1. The second-order valence-corrected chi connectivity index (χ2v) is 10.8. The molecule has 2 aliphatic heterocycles. The van der Waals surface area contributed by atoms with Crippen LogP contribution in [0.1, 0.15) is 70.2 Å². The number of aromatic nitrogens is 2. The van der Waals surface area contributed by atoms with Crippen molar-refractivity contribution in [3.05, 3.63) is 57.9 Å². The van der Waals surface area contributed by atoms with Crippen LogP contribution in [-0.2, 0) is 9.53 Å². The fourth-order valence-corrected chi connectivity index (χ4v) is 5.68. The summed E-state index contributed by atoms with van der Waals surface area (Å²) in [5.41, 5.74) is 3.41. The van der Waals surface area contributed by atoms with Crippen LogP contribution in [0.3, 0.4) is 0 Å². The average molecular weight is 494 g/mol. The first kappa shape index (κ1) is 23.8. The van der Waals surface area contributed by atoms with Gasteiger partial charge in [-0.1, -0.05) is 27.9 Å². The van der Waals surface area contributed by atoms with Crippen molar-refractivity contribution in [2.24, 2.45) is 15.2 Å². The van der Waals surface area contributed by atoms with Crippen LogP contribution in [0, 0.1) is 6.92 Å². The molecule has 1 atom stereocenters. The molecule has 1 unspecified atom stereocenters. The number of carbonyl (C=O) groups is 1. The van der Waals surface area contributed by atoms with E-state index in [1.807, 2.05) is 33.8 Å². The van der Waals surface area contributed by atoms with Gasteiger partial charge in [0.15, 0.2) is 0 Å². The fourth-order valence-electron chi connectivity index (χ4n) is 5.50. The van der Waals surface area contributed by atoms with Crippen LogP contribution in [0.4, 0.5) is 0 Å². The molecule has 1 saturated carbocycles. The minimum Gasteiger partial charge on any atom is -0.452 e. The maximum absolute atomic E-state index is 13.9. The van der Waals surface area contributed by atoms with Crippen molar-refractivity contribution < 1.29 is 14.0 Å². The van der Waals surface area contributed by atoms with E-state index in [1.54, 1.807) is 31.0 Å². The third-order valence-electron chi connectivity index (χ3n) is 7.00. The van der Waals surface area contributed by atoms with Gasteiger partial charge in [-0.3, -0.25) is 9.97 Å². The number of esters is 1. The number of hydrogen-bond donors (Lipinski definition) is 0. The Hall–Kier alpha value is -2.97. The Labute approximate surface area is 210 Å². The SMILES string of the molecule is Cc1nccnc1C1CCC([N+]23C=NN=C2C=NC2=CC(Cl)=CCC2=C3C(=O)OC(C)(C)C)CC1. The lowest BCUT2D eigenvalue weighted by Crippen LogP contribution is -2.59. The lowest BCUT2D eigenvalue weighted by molar-refractivity contribution is -0.723. The van der Waals surface area contributed by atoms with Gasteiger partial charge < -0.3 is 4.74 Å². The van der Waals surface area contributed by atoms with Crippen LogP contribution < -0.4 is 0 Å². The zero-order valence-corrected chi connectivity index (χ0v) is 21.3. The minimum absolute atomic E-state index is 0.0652. The molecule has 0 saturated heterocycles. The summed E-state index contributed by atoms with van der Waals surface area (Å²) >= 11 is 6.31. The molecule has 1 fully saturated rings. The number of rotatable bonds is 3. The van der Waals surface area contributed by atoms with Gasteiger partial charge in [-0.05, 0) is 46.6 Å². The molecule has 8 nitrogen and oxygen atoms in total. The first-order valence-corrected chi connectivity index (χ1v) is 12.4. The van der Waals surface area contributed by atoms with Crippen LogP contribution in [0.25, 0.3) is 0 Å². The van der Waals surface area contributed by atoms with Gasteiger partial charge >= 0.3 is 5.97 Å². The second-order valence-electron chi connectivity index (χ2n) is 10.4. The molecule has 1 aromatic heterocycles. The predicted molar refractivity (Wildman–Crippen MR) is 136 cm³/mol. The maximum Gasteiger partial charge on any atom is 0.394 e. The largest absolute Gasteiger partial charge is 0.452 e. The van der Waals surface area contributed by atoms with Gasteiger partial charge in [0.05, 0.1) is 22.7 Å². The molecular formula is C26H30ClN6O2+. The molecule has 2 aliphatic carbocycles. The number of halogens is 1. The van der Waals surface area contributed by atoms with E-state index in [2.05, 4.69) is 25.2 Å². The highest BCUT2D eigenvalue weighted by molar-refractivity contribution is 6.32. The molecule has 5 rings (SSSR count). The van der Waals surface area contributed by atoms with E-state index < -0.39 is 5.60 Å². The summed E-state index contributed by atoms with van der Waals surface area (Å²) in [6, 6.07) is 0.0652. The Morgan fingerprint density at radius 3 is 2.60 bits per heavy atom. The Bertz CT molecular complexity index is 1240. The molecule has 1 aromatic rings. The lowest BCUT2D eigenvalue weighted by atomic mass is 9.81.